The highest BCUT2D eigenvalue weighted by Gasteiger charge is 2.20. The van der Waals surface area contributed by atoms with Gasteiger partial charge in [-0.1, -0.05) is 17.7 Å². The average Bonchev–Trinajstić information content (AvgIpc) is 2.92. The van der Waals surface area contributed by atoms with Gasteiger partial charge in [-0.2, -0.15) is 5.26 Å². The molecule has 5 heteroatoms. The number of benzene rings is 1. The van der Waals surface area contributed by atoms with Crippen molar-refractivity contribution in [2.24, 2.45) is 5.92 Å². The lowest BCUT2D eigenvalue weighted by Crippen LogP contribution is -2.30. The molecule has 1 heterocycles. The number of nitriles is 1. The summed E-state index contributed by atoms with van der Waals surface area (Å²) in [5.74, 6) is 0.186. The van der Waals surface area contributed by atoms with Gasteiger partial charge in [-0.15, -0.1) is 0 Å². The Balaban J connectivity index is 2.00. The van der Waals surface area contributed by atoms with Crippen LogP contribution >= 0.6 is 11.6 Å². The van der Waals surface area contributed by atoms with E-state index in [0.29, 0.717) is 36.0 Å². The number of rotatable bonds is 6. The zero-order valence-electron chi connectivity index (χ0n) is 11.3. The van der Waals surface area contributed by atoms with Crippen LogP contribution in [0.2, 0.25) is 5.02 Å². The van der Waals surface area contributed by atoms with Crippen molar-refractivity contribution in [1.82, 2.24) is 4.90 Å². The van der Waals surface area contributed by atoms with E-state index in [0.717, 1.165) is 26.2 Å². The van der Waals surface area contributed by atoms with E-state index >= 15 is 0 Å². The Morgan fingerprint density at radius 1 is 1.50 bits per heavy atom. The van der Waals surface area contributed by atoms with E-state index in [1.807, 2.05) is 0 Å². The monoisotopic (exact) mass is 296 g/mol. The van der Waals surface area contributed by atoms with Crippen LogP contribution in [0, 0.1) is 23.1 Å². The maximum Gasteiger partial charge on any atom is 0.129 e. The highest BCUT2D eigenvalue weighted by Crippen LogP contribution is 2.19. The molecule has 3 nitrogen and oxygen atoms in total. The molecule has 0 bridgehead atoms. The summed E-state index contributed by atoms with van der Waals surface area (Å²) in [5.41, 5.74) is 0.617. The molecule has 1 fully saturated rings. The van der Waals surface area contributed by atoms with Crippen molar-refractivity contribution >= 4 is 11.6 Å². The molecule has 0 aromatic heterocycles. The van der Waals surface area contributed by atoms with E-state index in [9.17, 15) is 4.39 Å². The predicted octanol–water partition coefficient (Wildman–Crippen LogP) is 3.23. The smallest absolute Gasteiger partial charge is 0.129 e. The Morgan fingerprint density at radius 2 is 2.35 bits per heavy atom. The second kappa shape index (κ2) is 7.58. The molecule has 1 aromatic carbocycles. The molecule has 1 aromatic rings. The Bertz CT molecular complexity index is 483. The van der Waals surface area contributed by atoms with Crippen molar-refractivity contribution in [2.45, 2.75) is 19.4 Å². The molecule has 2 rings (SSSR count). The summed E-state index contributed by atoms with van der Waals surface area (Å²) in [5, 5.41) is 9.14. The van der Waals surface area contributed by atoms with Gasteiger partial charge in [0.2, 0.25) is 0 Å². The van der Waals surface area contributed by atoms with Gasteiger partial charge in [-0.05, 0) is 24.5 Å². The van der Waals surface area contributed by atoms with Crippen LogP contribution in [-0.2, 0) is 11.3 Å². The first kappa shape index (κ1) is 15.2. The lowest BCUT2D eigenvalue weighted by Gasteiger charge is -2.24. The molecule has 0 aliphatic carbocycles. The molecule has 1 saturated heterocycles. The van der Waals surface area contributed by atoms with Gasteiger partial charge in [-0.3, -0.25) is 4.90 Å². The molecule has 1 aliphatic rings. The van der Waals surface area contributed by atoms with Crippen LogP contribution in [0.15, 0.2) is 18.2 Å². The zero-order valence-corrected chi connectivity index (χ0v) is 12.1. The second-order valence-corrected chi connectivity index (χ2v) is 5.55. The van der Waals surface area contributed by atoms with Crippen molar-refractivity contribution in [1.29, 1.82) is 5.26 Å². The number of ether oxygens (including phenoxy) is 1. The summed E-state index contributed by atoms with van der Waals surface area (Å²) in [6.07, 6.45) is 1.48. The average molecular weight is 297 g/mol. The minimum atomic E-state index is -0.290. The van der Waals surface area contributed by atoms with E-state index in [-0.39, 0.29) is 5.82 Å². The van der Waals surface area contributed by atoms with Crippen molar-refractivity contribution < 1.29 is 9.13 Å². The lowest BCUT2D eigenvalue weighted by molar-refractivity contribution is 0.165. The fourth-order valence-electron chi connectivity index (χ4n) is 2.43. The summed E-state index contributed by atoms with van der Waals surface area (Å²) in [4.78, 5) is 2.12. The number of hydrogen-bond acceptors (Lipinski definition) is 3. The number of halogens is 2. The first-order chi connectivity index (χ1) is 9.69. The summed E-state index contributed by atoms with van der Waals surface area (Å²) in [7, 11) is 0. The summed E-state index contributed by atoms with van der Waals surface area (Å²) in [6, 6.07) is 6.88. The van der Waals surface area contributed by atoms with E-state index in [4.69, 9.17) is 21.6 Å². The zero-order chi connectivity index (χ0) is 14.4. The Morgan fingerprint density at radius 3 is 3.00 bits per heavy atom. The molecule has 20 heavy (non-hydrogen) atoms. The third-order valence-electron chi connectivity index (χ3n) is 3.49. The maximum atomic E-state index is 13.8. The minimum absolute atomic E-state index is 0.290. The quantitative estimate of drug-likeness (QED) is 0.808. The highest BCUT2D eigenvalue weighted by molar-refractivity contribution is 6.30. The van der Waals surface area contributed by atoms with Crippen LogP contribution in [-0.4, -0.2) is 31.2 Å². The van der Waals surface area contributed by atoms with Crippen molar-refractivity contribution in [3.05, 3.63) is 34.6 Å². The molecule has 1 aliphatic heterocycles. The molecule has 0 saturated carbocycles. The van der Waals surface area contributed by atoms with Crippen LogP contribution in [0.3, 0.4) is 0 Å². The molecule has 1 atom stereocenters. The van der Waals surface area contributed by atoms with Gasteiger partial charge in [0, 0.05) is 43.2 Å². The highest BCUT2D eigenvalue weighted by atomic mass is 35.5. The Labute approximate surface area is 123 Å². The normalized spacial score (nSPS) is 18.4. The predicted molar refractivity (Wildman–Crippen MR) is 75.8 cm³/mol. The van der Waals surface area contributed by atoms with E-state index in [2.05, 4.69) is 11.0 Å². The van der Waals surface area contributed by atoms with E-state index in [1.54, 1.807) is 12.1 Å². The molecular weight excluding hydrogens is 279 g/mol. The van der Waals surface area contributed by atoms with Gasteiger partial charge in [0.15, 0.2) is 0 Å². The minimum Gasteiger partial charge on any atom is -0.381 e. The standard InChI is InChI=1S/C15H18ClFN2O/c16-14-3-2-13(15(17)8-14)10-19(6-1-5-18)9-12-4-7-20-11-12/h2-3,8,12H,1,4,6-7,9-11H2/t12-/m0/s1. The van der Waals surface area contributed by atoms with Crippen molar-refractivity contribution in [3.8, 4) is 6.07 Å². The van der Waals surface area contributed by atoms with Crippen LogP contribution in [0.25, 0.3) is 0 Å². The molecule has 0 N–H and O–H groups in total. The van der Waals surface area contributed by atoms with Gasteiger partial charge in [0.05, 0.1) is 12.7 Å². The van der Waals surface area contributed by atoms with Crippen molar-refractivity contribution in [3.63, 3.8) is 0 Å². The van der Waals surface area contributed by atoms with Crippen LogP contribution in [0.1, 0.15) is 18.4 Å². The number of nitrogens with zero attached hydrogens (tertiary/aromatic N) is 2. The van der Waals surface area contributed by atoms with Gasteiger partial charge in [-0.25, -0.2) is 4.39 Å². The van der Waals surface area contributed by atoms with Gasteiger partial charge in [0.25, 0.3) is 0 Å². The fraction of sp³-hybridized carbons (Fsp3) is 0.533. The van der Waals surface area contributed by atoms with Crippen LogP contribution in [0.4, 0.5) is 4.39 Å². The van der Waals surface area contributed by atoms with E-state index in [1.165, 1.54) is 6.07 Å². The second-order valence-electron chi connectivity index (χ2n) is 5.11. The third-order valence-corrected chi connectivity index (χ3v) is 3.72. The first-order valence-electron chi connectivity index (χ1n) is 6.80. The summed E-state index contributed by atoms with van der Waals surface area (Å²) in [6.45, 7) is 3.54. The summed E-state index contributed by atoms with van der Waals surface area (Å²) >= 11 is 5.76. The van der Waals surface area contributed by atoms with Crippen LogP contribution in [0.5, 0.6) is 0 Å². The molecule has 0 amide bonds. The van der Waals surface area contributed by atoms with Crippen molar-refractivity contribution in [2.75, 3.05) is 26.3 Å². The molecular formula is C15H18ClFN2O. The largest absolute Gasteiger partial charge is 0.381 e. The third kappa shape index (κ3) is 4.45. The van der Waals surface area contributed by atoms with Gasteiger partial charge in [0.1, 0.15) is 5.82 Å². The van der Waals surface area contributed by atoms with Crippen LogP contribution < -0.4 is 0 Å². The molecule has 0 radical (unpaired) electrons. The molecule has 0 spiro atoms. The van der Waals surface area contributed by atoms with Gasteiger partial charge < -0.3 is 4.74 Å². The Kier molecular flexibility index (Phi) is 5.78. The Hall–Kier alpha value is -1.15. The molecule has 108 valence electrons. The number of hydrogen-bond donors (Lipinski definition) is 0. The molecule has 0 unspecified atom stereocenters. The fourth-order valence-corrected chi connectivity index (χ4v) is 2.59. The SMILES string of the molecule is N#CCCN(Cc1ccc(Cl)cc1F)C[C@@H]1CCOC1. The van der Waals surface area contributed by atoms with E-state index < -0.39 is 0 Å². The summed E-state index contributed by atoms with van der Waals surface area (Å²) < 4.78 is 19.2. The first-order valence-corrected chi connectivity index (χ1v) is 7.18. The maximum absolute atomic E-state index is 13.8. The topological polar surface area (TPSA) is 36.3 Å². The van der Waals surface area contributed by atoms with Gasteiger partial charge >= 0.3 is 0 Å². The lowest BCUT2D eigenvalue weighted by atomic mass is 10.1.